The van der Waals surface area contributed by atoms with Crippen LogP contribution in [-0.4, -0.2) is 11.2 Å². The third kappa shape index (κ3) is 5.23. The van der Waals surface area contributed by atoms with E-state index >= 15 is 0 Å². The van der Waals surface area contributed by atoms with Gasteiger partial charge in [-0.05, 0) is 111 Å². The summed E-state index contributed by atoms with van der Waals surface area (Å²) < 4.78 is 1.07. The molecule has 0 unspecified atom stereocenters. The third-order valence-electron chi connectivity index (χ3n) is 6.73. The van der Waals surface area contributed by atoms with E-state index < -0.39 is 0 Å². The molecule has 0 radical (unpaired) electrons. The Morgan fingerprint density at radius 3 is 1.68 bits per heavy atom. The summed E-state index contributed by atoms with van der Waals surface area (Å²) in [5, 5.41) is 0. The lowest BCUT2D eigenvalue weighted by Gasteiger charge is -2.14. The molecule has 1 aromatic heterocycles. The Balaban J connectivity index is 1.49. The molecule has 2 nitrogen and oxygen atoms in total. The van der Waals surface area contributed by atoms with Crippen molar-refractivity contribution in [2.75, 3.05) is 0 Å². The molecule has 6 rings (SSSR count). The summed E-state index contributed by atoms with van der Waals surface area (Å²) in [7, 11) is 0. The van der Waals surface area contributed by atoms with Gasteiger partial charge in [-0.1, -0.05) is 70.5 Å². The summed E-state index contributed by atoms with van der Waals surface area (Å²) in [5.41, 5.74) is 11.9. The van der Waals surface area contributed by atoms with Gasteiger partial charge in [0.2, 0.25) is 0 Å². The SMILES string of the molecule is Brc1cccc(-c2cc(-c3cccc(C4=CN=CCC4)c3)cc(-c3cccc(-c4cccnc4)c3)c2)c1. The van der Waals surface area contributed by atoms with E-state index in [0.717, 1.165) is 28.4 Å². The normalized spacial score (nSPS) is 12.8. The largest absolute Gasteiger partial charge is 0.269 e. The molecule has 37 heavy (non-hydrogen) atoms. The highest BCUT2D eigenvalue weighted by molar-refractivity contribution is 9.10. The van der Waals surface area contributed by atoms with Gasteiger partial charge in [-0.15, -0.1) is 0 Å². The summed E-state index contributed by atoms with van der Waals surface area (Å²) in [5.74, 6) is 0. The van der Waals surface area contributed by atoms with E-state index in [9.17, 15) is 0 Å². The molecular formula is C34H25BrN2. The Hall–Kier alpha value is -4.08. The first-order valence-electron chi connectivity index (χ1n) is 12.5. The molecule has 2 heterocycles. The number of hydrogen-bond acceptors (Lipinski definition) is 2. The van der Waals surface area contributed by atoms with Crippen LogP contribution in [0, 0.1) is 0 Å². The molecule has 0 aliphatic carbocycles. The maximum atomic E-state index is 4.39. The topological polar surface area (TPSA) is 25.2 Å². The Morgan fingerprint density at radius 2 is 1.08 bits per heavy atom. The quantitative estimate of drug-likeness (QED) is 0.217. The molecule has 1 aliphatic rings. The molecule has 1 aliphatic heterocycles. The average Bonchev–Trinajstić information content (AvgIpc) is 2.98. The Bertz CT molecular complexity index is 1630. The molecule has 0 spiro atoms. The van der Waals surface area contributed by atoms with Crippen LogP contribution in [0.15, 0.2) is 131 Å². The number of pyridine rings is 1. The number of aromatic nitrogens is 1. The molecule has 0 bridgehead atoms. The zero-order valence-corrected chi connectivity index (χ0v) is 21.9. The maximum Gasteiger partial charge on any atom is 0.0346 e. The lowest BCUT2D eigenvalue weighted by molar-refractivity contribution is 1.10. The fourth-order valence-corrected chi connectivity index (χ4v) is 5.23. The molecule has 0 atom stereocenters. The van der Waals surface area contributed by atoms with Crippen molar-refractivity contribution >= 4 is 27.7 Å². The minimum Gasteiger partial charge on any atom is -0.269 e. The molecule has 0 saturated heterocycles. The highest BCUT2D eigenvalue weighted by Gasteiger charge is 2.11. The van der Waals surface area contributed by atoms with Gasteiger partial charge in [-0.25, -0.2) is 0 Å². The summed E-state index contributed by atoms with van der Waals surface area (Å²) in [6.07, 6.45) is 9.72. The molecule has 0 fully saturated rings. The number of nitrogens with zero attached hydrogens (tertiary/aromatic N) is 2. The number of allylic oxidation sites excluding steroid dienone is 1. The summed E-state index contributed by atoms with van der Waals surface area (Å²) >= 11 is 3.65. The van der Waals surface area contributed by atoms with Gasteiger partial charge >= 0.3 is 0 Å². The first-order valence-corrected chi connectivity index (χ1v) is 13.3. The highest BCUT2D eigenvalue weighted by Crippen LogP contribution is 2.36. The van der Waals surface area contributed by atoms with Crippen LogP contribution in [0.3, 0.4) is 0 Å². The van der Waals surface area contributed by atoms with Crippen LogP contribution in [0.25, 0.3) is 50.1 Å². The van der Waals surface area contributed by atoms with Crippen LogP contribution in [0.2, 0.25) is 0 Å². The van der Waals surface area contributed by atoms with Gasteiger partial charge in [0.15, 0.2) is 0 Å². The van der Waals surface area contributed by atoms with Crippen molar-refractivity contribution in [1.29, 1.82) is 0 Å². The molecule has 4 aromatic carbocycles. The van der Waals surface area contributed by atoms with Crippen molar-refractivity contribution in [1.82, 2.24) is 4.98 Å². The van der Waals surface area contributed by atoms with Crippen molar-refractivity contribution < 1.29 is 0 Å². The van der Waals surface area contributed by atoms with E-state index in [4.69, 9.17) is 0 Å². The third-order valence-corrected chi connectivity index (χ3v) is 7.22. The molecule has 178 valence electrons. The van der Waals surface area contributed by atoms with Crippen molar-refractivity contribution in [3.8, 4) is 44.5 Å². The Kier molecular flexibility index (Phi) is 6.62. The highest BCUT2D eigenvalue weighted by atomic mass is 79.9. The predicted molar refractivity (Wildman–Crippen MR) is 159 cm³/mol. The van der Waals surface area contributed by atoms with Gasteiger partial charge < -0.3 is 0 Å². The molecule has 0 N–H and O–H groups in total. The van der Waals surface area contributed by atoms with Gasteiger partial charge in [-0.3, -0.25) is 9.98 Å². The number of halogens is 1. The first-order chi connectivity index (χ1) is 18.2. The van der Waals surface area contributed by atoms with E-state index in [1.807, 2.05) is 30.9 Å². The number of aliphatic imine (C=N–C) groups is 1. The van der Waals surface area contributed by atoms with Crippen molar-refractivity contribution in [2.24, 2.45) is 4.99 Å². The fourth-order valence-electron chi connectivity index (χ4n) is 4.83. The van der Waals surface area contributed by atoms with Crippen LogP contribution < -0.4 is 0 Å². The van der Waals surface area contributed by atoms with Gasteiger partial charge in [0, 0.05) is 34.8 Å². The molecule has 3 heteroatoms. The maximum absolute atomic E-state index is 4.39. The van der Waals surface area contributed by atoms with Crippen molar-refractivity contribution in [3.05, 3.63) is 132 Å². The Morgan fingerprint density at radius 1 is 0.541 bits per heavy atom. The number of rotatable bonds is 5. The zero-order chi connectivity index (χ0) is 25.0. The van der Waals surface area contributed by atoms with Crippen LogP contribution in [0.4, 0.5) is 0 Å². The van der Waals surface area contributed by atoms with Gasteiger partial charge in [0.25, 0.3) is 0 Å². The summed E-state index contributed by atoms with van der Waals surface area (Å²) in [6, 6.07) is 37.0. The monoisotopic (exact) mass is 540 g/mol. The molecule has 0 amide bonds. The molecular weight excluding hydrogens is 516 g/mol. The van der Waals surface area contributed by atoms with Gasteiger partial charge in [-0.2, -0.15) is 0 Å². The lowest BCUT2D eigenvalue weighted by atomic mass is 9.91. The van der Waals surface area contributed by atoms with Crippen LogP contribution in [-0.2, 0) is 0 Å². The second-order valence-corrected chi connectivity index (χ2v) is 10.2. The van der Waals surface area contributed by atoms with Crippen molar-refractivity contribution in [2.45, 2.75) is 12.8 Å². The smallest absolute Gasteiger partial charge is 0.0346 e. The zero-order valence-electron chi connectivity index (χ0n) is 20.3. The molecule has 0 saturated carbocycles. The van der Waals surface area contributed by atoms with E-state index in [1.165, 1.54) is 44.5 Å². The minimum atomic E-state index is 0.992. The van der Waals surface area contributed by atoms with Crippen LogP contribution >= 0.6 is 15.9 Å². The predicted octanol–water partition coefficient (Wildman–Crippen LogP) is 9.72. The van der Waals surface area contributed by atoms with E-state index in [0.29, 0.717) is 0 Å². The van der Waals surface area contributed by atoms with E-state index in [2.05, 4.69) is 123 Å². The Labute approximate surface area is 226 Å². The van der Waals surface area contributed by atoms with E-state index in [1.54, 1.807) is 0 Å². The molecule has 5 aromatic rings. The van der Waals surface area contributed by atoms with E-state index in [-0.39, 0.29) is 0 Å². The van der Waals surface area contributed by atoms with Crippen LogP contribution in [0.5, 0.6) is 0 Å². The van der Waals surface area contributed by atoms with Crippen LogP contribution in [0.1, 0.15) is 18.4 Å². The average molecular weight is 541 g/mol. The number of benzene rings is 4. The fraction of sp³-hybridized carbons (Fsp3) is 0.0588. The van der Waals surface area contributed by atoms with Gasteiger partial charge in [0.1, 0.15) is 0 Å². The summed E-state index contributed by atoms with van der Waals surface area (Å²) in [6.45, 7) is 0. The number of hydrogen-bond donors (Lipinski definition) is 0. The summed E-state index contributed by atoms with van der Waals surface area (Å²) in [4.78, 5) is 8.70. The van der Waals surface area contributed by atoms with Crippen molar-refractivity contribution in [3.63, 3.8) is 0 Å². The standard InChI is InChI=1S/C34H25BrN2/c35-34-13-3-10-28(21-34)33-19-31(26-8-1-6-24(16-26)29-11-4-14-36-22-29)18-32(20-33)27-9-2-7-25(17-27)30-12-5-15-37-23-30/h1-4,6-11,13-23H,5,12H2. The second kappa shape index (κ2) is 10.5. The van der Waals surface area contributed by atoms with Gasteiger partial charge in [0.05, 0.1) is 0 Å². The first kappa shape index (κ1) is 23.3. The minimum absolute atomic E-state index is 0.992. The lowest BCUT2D eigenvalue weighted by Crippen LogP contribution is -1.92. The second-order valence-electron chi connectivity index (χ2n) is 9.24.